The molecule has 33 heavy (non-hydrogen) atoms. The molecule has 0 fully saturated rings. The molecule has 0 saturated carbocycles. The van der Waals surface area contributed by atoms with Crippen molar-refractivity contribution in [3.8, 4) is 0 Å². The van der Waals surface area contributed by atoms with Crippen LogP contribution in [0.25, 0.3) is 0 Å². The van der Waals surface area contributed by atoms with Crippen molar-refractivity contribution in [2.75, 3.05) is 25.0 Å². The Labute approximate surface area is 193 Å². The van der Waals surface area contributed by atoms with Crippen LogP contribution in [0.3, 0.4) is 0 Å². The van der Waals surface area contributed by atoms with Gasteiger partial charge in [-0.2, -0.15) is 0 Å². The van der Waals surface area contributed by atoms with Crippen molar-refractivity contribution in [3.63, 3.8) is 0 Å². The van der Waals surface area contributed by atoms with E-state index >= 15 is 0 Å². The van der Waals surface area contributed by atoms with Crippen LogP contribution in [0, 0.1) is 5.92 Å². The van der Waals surface area contributed by atoms with E-state index in [9.17, 15) is 24.6 Å². The summed E-state index contributed by atoms with van der Waals surface area (Å²) in [5, 5.41) is 22.8. The van der Waals surface area contributed by atoms with E-state index in [-0.39, 0.29) is 19.5 Å². The molecular weight excluding hydrogens is 422 g/mol. The Morgan fingerprint density at radius 3 is 2.36 bits per heavy atom. The van der Waals surface area contributed by atoms with E-state index in [0.29, 0.717) is 37.9 Å². The smallest absolute Gasteiger partial charge is 0.339 e. The van der Waals surface area contributed by atoms with Crippen molar-refractivity contribution in [2.24, 2.45) is 11.7 Å². The molecule has 0 saturated heterocycles. The van der Waals surface area contributed by atoms with Crippen molar-refractivity contribution in [1.29, 1.82) is 0 Å². The first kappa shape index (κ1) is 24.3. The molecule has 1 aliphatic rings. The van der Waals surface area contributed by atoms with Gasteiger partial charge in [0.25, 0.3) is 5.91 Å². The summed E-state index contributed by atoms with van der Waals surface area (Å²) in [6.45, 7) is 0.628. The van der Waals surface area contributed by atoms with E-state index in [4.69, 9.17) is 5.73 Å². The summed E-state index contributed by atoms with van der Waals surface area (Å²) in [5.41, 5.74) is 6.11. The van der Waals surface area contributed by atoms with Crippen molar-refractivity contribution < 1.29 is 24.6 Å². The van der Waals surface area contributed by atoms with Gasteiger partial charge in [0.1, 0.15) is 0 Å². The molecule has 1 aliphatic heterocycles. The third kappa shape index (κ3) is 5.70. The number of nitrogens with two attached hydrogens (primary N) is 1. The molecule has 3 rings (SSSR count). The molecule has 0 bridgehead atoms. The highest BCUT2D eigenvalue weighted by molar-refractivity contribution is 6.11. The number of hydrogen-bond donors (Lipinski definition) is 4. The Hall–Kier alpha value is -3.39. The number of carbonyl (C=O) groups excluding carboxylic acids is 1. The van der Waals surface area contributed by atoms with Crippen molar-refractivity contribution in [2.45, 2.75) is 37.6 Å². The average Bonchev–Trinajstić information content (AvgIpc) is 3.22. The molecule has 1 unspecified atom stereocenters. The minimum atomic E-state index is -1.85. The monoisotopic (exact) mass is 453 g/mol. The van der Waals surface area contributed by atoms with E-state index < -0.39 is 29.3 Å². The zero-order chi connectivity index (χ0) is 23.8. The van der Waals surface area contributed by atoms with E-state index in [1.165, 1.54) is 4.90 Å². The summed E-state index contributed by atoms with van der Waals surface area (Å²) < 4.78 is 0. The second kappa shape index (κ2) is 11.0. The van der Waals surface area contributed by atoms with Crippen LogP contribution in [0.5, 0.6) is 0 Å². The van der Waals surface area contributed by atoms with Crippen molar-refractivity contribution in [3.05, 3.63) is 65.7 Å². The summed E-state index contributed by atoms with van der Waals surface area (Å²) in [4.78, 5) is 39.4. The van der Waals surface area contributed by atoms with Gasteiger partial charge in [-0.05, 0) is 49.4 Å². The number of fused-ring (bicyclic) bond motifs is 1. The lowest BCUT2D eigenvalue weighted by atomic mass is 9.92. The lowest BCUT2D eigenvalue weighted by Crippen LogP contribution is -2.59. The predicted octanol–water partition coefficient (Wildman–Crippen LogP) is 2.38. The van der Waals surface area contributed by atoms with E-state index in [2.05, 4.69) is 5.32 Å². The van der Waals surface area contributed by atoms with Gasteiger partial charge in [-0.1, -0.05) is 48.5 Å². The molecule has 5 N–H and O–H groups in total. The van der Waals surface area contributed by atoms with Gasteiger partial charge in [-0.25, -0.2) is 4.79 Å². The number of nitrogens with one attached hydrogen (secondary N) is 1. The number of nitrogens with zero attached hydrogens (tertiary/aromatic N) is 1. The predicted molar refractivity (Wildman–Crippen MR) is 125 cm³/mol. The van der Waals surface area contributed by atoms with E-state index in [1.807, 2.05) is 30.3 Å². The Morgan fingerprint density at radius 2 is 1.73 bits per heavy atom. The van der Waals surface area contributed by atoms with Gasteiger partial charge in [0.15, 0.2) is 0 Å². The molecule has 176 valence electrons. The zero-order valence-electron chi connectivity index (χ0n) is 18.6. The van der Waals surface area contributed by atoms with Crippen LogP contribution < -0.4 is 11.1 Å². The number of aryl methyl sites for hydroxylation is 1. The van der Waals surface area contributed by atoms with Crippen LogP contribution in [0.4, 0.5) is 5.69 Å². The number of aliphatic carboxylic acids is 2. The van der Waals surface area contributed by atoms with Crippen LogP contribution in [-0.2, 0) is 27.2 Å². The fraction of sp³-hybridized carbons (Fsp3) is 0.400. The van der Waals surface area contributed by atoms with E-state index in [0.717, 1.165) is 11.1 Å². The minimum absolute atomic E-state index is 0.00643. The molecule has 0 aromatic heterocycles. The van der Waals surface area contributed by atoms with E-state index in [1.54, 1.807) is 24.3 Å². The number of hydrogen-bond acceptors (Lipinski definition) is 5. The minimum Gasteiger partial charge on any atom is -0.481 e. The summed E-state index contributed by atoms with van der Waals surface area (Å²) in [6.07, 6.45) is 2.12. The first-order chi connectivity index (χ1) is 15.9. The average molecular weight is 454 g/mol. The second-order valence-corrected chi connectivity index (χ2v) is 8.48. The van der Waals surface area contributed by atoms with Crippen molar-refractivity contribution >= 4 is 23.5 Å². The van der Waals surface area contributed by atoms with Crippen LogP contribution in [-0.4, -0.2) is 58.1 Å². The number of carbonyl (C=O) groups is 3. The molecule has 8 nitrogen and oxygen atoms in total. The van der Waals surface area contributed by atoms with Crippen LogP contribution in [0.2, 0.25) is 0 Å². The first-order valence-electron chi connectivity index (χ1n) is 11.2. The number of unbranched alkanes of at least 4 members (excludes halogenated alkanes) is 1. The maximum Gasteiger partial charge on any atom is 0.339 e. The topological polar surface area (TPSA) is 133 Å². The number of anilines is 1. The molecule has 0 radical (unpaired) electrons. The number of benzene rings is 2. The lowest BCUT2D eigenvalue weighted by Gasteiger charge is -2.33. The standard InChI is InChI=1S/C25H31N3O5/c26-14-6-7-15-28(17-20(22(29)30)13-12-18-8-2-1-3-9-18)23(31)25(24(32)33)16-19-10-4-5-11-21(19)27-25/h1-5,8-11,20,27H,6-7,12-17,26H2,(H,29,30)(H,32,33)/t20-,25?/m0/s1. The van der Waals surface area contributed by atoms with Gasteiger partial charge >= 0.3 is 11.9 Å². The number of carboxylic acids is 2. The Kier molecular flexibility index (Phi) is 8.06. The molecule has 2 aromatic carbocycles. The van der Waals surface area contributed by atoms with Gasteiger partial charge in [0, 0.05) is 25.2 Å². The summed E-state index contributed by atoms with van der Waals surface area (Å²) in [6, 6.07) is 16.7. The number of carboxylic acid groups (broad SMARTS) is 2. The summed E-state index contributed by atoms with van der Waals surface area (Å²) in [7, 11) is 0. The summed E-state index contributed by atoms with van der Waals surface area (Å²) in [5.74, 6) is -3.71. The van der Waals surface area contributed by atoms with Crippen LogP contribution >= 0.6 is 0 Å². The maximum atomic E-state index is 13.7. The molecule has 0 spiro atoms. The Morgan fingerprint density at radius 1 is 1.03 bits per heavy atom. The fourth-order valence-electron chi connectivity index (χ4n) is 4.24. The zero-order valence-corrected chi connectivity index (χ0v) is 18.6. The van der Waals surface area contributed by atoms with Gasteiger partial charge in [0.2, 0.25) is 5.54 Å². The molecule has 1 amide bonds. The van der Waals surface area contributed by atoms with Crippen molar-refractivity contribution in [1.82, 2.24) is 4.90 Å². The van der Waals surface area contributed by atoms with Crippen LogP contribution in [0.15, 0.2) is 54.6 Å². The highest BCUT2D eigenvalue weighted by Gasteiger charge is 2.52. The molecule has 1 heterocycles. The molecule has 0 aliphatic carbocycles. The number of para-hydroxylation sites is 1. The highest BCUT2D eigenvalue weighted by Crippen LogP contribution is 2.34. The summed E-state index contributed by atoms with van der Waals surface area (Å²) >= 11 is 0. The van der Waals surface area contributed by atoms with Gasteiger partial charge in [-0.3, -0.25) is 9.59 Å². The number of rotatable bonds is 12. The Bertz CT molecular complexity index is 954. The van der Waals surface area contributed by atoms with Gasteiger partial charge in [0.05, 0.1) is 5.92 Å². The molecule has 2 aromatic rings. The first-order valence-corrected chi connectivity index (χ1v) is 11.2. The largest absolute Gasteiger partial charge is 0.481 e. The normalized spacial score (nSPS) is 17.6. The third-order valence-corrected chi connectivity index (χ3v) is 6.13. The highest BCUT2D eigenvalue weighted by atomic mass is 16.4. The second-order valence-electron chi connectivity index (χ2n) is 8.48. The number of amides is 1. The molecule has 8 heteroatoms. The lowest BCUT2D eigenvalue weighted by molar-refractivity contribution is -0.152. The molecular formula is C25H31N3O5. The quantitative estimate of drug-likeness (QED) is 0.286. The fourth-order valence-corrected chi connectivity index (χ4v) is 4.24. The Balaban J connectivity index is 1.81. The third-order valence-electron chi connectivity index (χ3n) is 6.13. The van der Waals surface area contributed by atoms with Gasteiger partial charge in [-0.15, -0.1) is 0 Å². The molecule has 2 atom stereocenters. The maximum absolute atomic E-state index is 13.7. The van der Waals surface area contributed by atoms with Crippen LogP contribution in [0.1, 0.15) is 30.4 Å². The SMILES string of the molecule is NCCCCN(C[C@H](CCc1ccccc1)C(=O)O)C(=O)C1(C(=O)O)Cc2ccccc2N1. The van der Waals surface area contributed by atoms with Gasteiger partial charge < -0.3 is 26.2 Å².